The number of benzene rings is 1. The lowest BCUT2D eigenvalue weighted by Crippen LogP contribution is -2.48. The summed E-state index contributed by atoms with van der Waals surface area (Å²) < 4.78 is 0. The molecule has 1 aliphatic carbocycles. The number of halogens is 1. The van der Waals surface area contributed by atoms with Crippen LogP contribution in [-0.2, 0) is 14.4 Å². The summed E-state index contributed by atoms with van der Waals surface area (Å²) in [6.07, 6.45) is 9.40. The Labute approximate surface area is 199 Å². The van der Waals surface area contributed by atoms with Crippen molar-refractivity contribution < 1.29 is 14.4 Å². The molecule has 1 saturated carbocycles. The van der Waals surface area contributed by atoms with Gasteiger partial charge >= 0.3 is 0 Å². The second-order valence-electron chi connectivity index (χ2n) is 9.04. The summed E-state index contributed by atoms with van der Waals surface area (Å²) in [5.74, 6) is -0.461. The minimum absolute atomic E-state index is 0.167. The van der Waals surface area contributed by atoms with E-state index in [1.807, 2.05) is 18.4 Å². The summed E-state index contributed by atoms with van der Waals surface area (Å²) in [4.78, 5) is 43.0. The number of nitrogens with zero attached hydrogens (tertiary/aromatic N) is 2. The van der Waals surface area contributed by atoms with Gasteiger partial charge in [-0.25, -0.2) is 0 Å². The first kappa shape index (κ1) is 23.4. The summed E-state index contributed by atoms with van der Waals surface area (Å²) >= 11 is 8.16. The van der Waals surface area contributed by atoms with Crippen molar-refractivity contribution in [1.29, 1.82) is 0 Å². The summed E-state index contributed by atoms with van der Waals surface area (Å²) in [6, 6.07) is 4.78. The first-order chi connectivity index (χ1) is 15.5. The first-order valence-electron chi connectivity index (χ1n) is 11.7. The fourth-order valence-electron chi connectivity index (χ4n) is 5.30. The van der Waals surface area contributed by atoms with Gasteiger partial charge in [0.1, 0.15) is 6.04 Å². The fraction of sp³-hybridized carbons (Fsp3) is 0.625. The lowest BCUT2D eigenvalue weighted by Gasteiger charge is -2.30. The quantitative estimate of drug-likeness (QED) is 0.583. The Hall–Kier alpha value is -1.73. The highest BCUT2D eigenvalue weighted by Gasteiger charge is 2.51. The van der Waals surface area contributed by atoms with Crippen molar-refractivity contribution in [3.05, 3.63) is 23.2 Å². The summed E-state index contributed by atoms with van der Waals surface area (Å²) in [7, 11) is 0. The Morgan fingerprint density at radius 1 is 1.09 bits per heavy atom. The van der Waals surface area contributed by atoms with Gasteiger partial charge in [-0.2, -0.15) is 11.8 Å². The van der Waals surface area contributed by atoms with Crippen molar-refractivity contribution >= 4 is 52.5 Å². The molecule has 6 nitrogen and oxygen atoms in total. The zero-order valence-corrected chi connectivity index (χ0v) is 20.2. The van der Waals surface area contributed by atoms with E-state index in [9.17, 15) is 14.4 Å². The van der Waals surface area contributed by atoms with E-state index in [0.29, 0.717) is 22.9 Å². The van der Waals surface area contributed by atoms with Crippen LogP contribution in [0.1, 0.15) is 51.4 Å². The third-order valence-corrected chi connectivity index (χ3v) is 7.94. The minimum atomic E-state index is -0.784. The molecule has 0 bridgehead atoms. The number of anilines is 2. The molecule has 0 radical (unpaired) electrons. The van der Waals surface area contributed by atoms with Crippen molar-refractivity contribution in [1.82, 2.24) is 4.90 Å². The molecular formula is C24H32ClN3O3S. The number of thioether (sulfide) groups is 1. The largest absolute Gasteiger partial charge is 0.370 e. The Morgan fingerprint density at radius 2 is 1.75 bits per heavy atom. The van der Waals surface area contributed by atoms with Crippen molar-refractivity contribution in [2.75, 3.05) is 35.3 Å². The van der Waals surface area contributed by atoms with Gasteiger partial charge in [0.25, 0.3) is 0 Å². The number of carbonyl (C=O) groups excluding carboxylic acids is 3. The highest BCUT2D eigenvalue weighted by molar-refractivity contribution is 7.98. The maximum Gasteiger partial charge on any atom is 0.247 e. The molecule has 0 aromatic heterocycles. The number of carbonyl (C=O) groups is 3. The highest BCUT2D eigenvalue weighted by atomic mass is 35.5. The van der Waals surface area contributed by atoms with Crippen LogP contribution in [0.2, 0.25) is 5.02 Å². The van der Waals surface area contributed by atoms with Crippen LogP contribution in [0.3, 0.4) is 0 Å². The van der Waals surface area contributed by atoms with E-state index >= 15 is 0 Å². The number of hydrogen-bond acceptors (Lipinski definition) is 5. The van der Waals surface area contributed by atoms with E-state index in [0.717, 1.165) is 57.3 Å². The second-order valence-corrected chi connectivity index (χ2v) is 10.4. The Balaban J connectivity index is 1.50. The zero-order valence-electron chi connectivity index (χ0n) is 18.6. The summed E-state index contributed by atoms with van der Waals surface area (Å²) in [5.41, 5.74) is 1.57. The van der Waals surface area contributed by atoms with Gasteiger partial charge in [-0.15, -0.1) is 0 Å². The molecule has 2 heterocycles. The Morgan fingerprint density at radius 3 is 2.34 bits per heavy atom. The molecule has 174 valence electrons. The number of hydrogen-bond donors (Lipinski definition) is 1. The van der Waals surface area contributed by atoms with Gasteiger partial charge in [0, 0.05) is 18.8 Å². The molecule has 8 heteroatoms. The Bertz CT molecular complexity index is 850. The van der Waals surface area contributed by atoms with E-state index in [1.165, 1.54) is 11.3 Å². The predicted octanol–water partition coefficient (Wildman–Crippen LogP) is 4.57. The number of fused-ring (bicyclic) bond motifs is 1. The van der Waals surface area contributed by atoms with Gasteiger partial charge in [0.05, 0.1) is 22.5 Å². The number of nitrogens with one attached hydrogen (secondary N) is 1. The third-order valence-electron chi connectivity index (χ3n) is 7.00. The van der Waals surface area contributed by atoms with Gasteiger partial charge in [-0.1, -0.05) is 24.4 Å². The molecule has 2 saturated heterocycles. The molecule has 0 spiro atoms. The van der Waals surface area contributed by atoms with Gasteiger partial charge in [0.15, 0.2) is 0 Å². The van der Waals surface area contributed by atoms with Crippen LogP contribution in [0, 0.1) is 11.8 Å². The van der Waals surface area contributed by atoms with Crippen molar-refractivity contribution in [3.8, 4) is 0 Å². The molecule has 1 aromatic carbocycles. The molecule has 3 unspecified atom stereocenters. The standard InChI is InChI=1S/C24H32ClN3O3S/c1-32-14-11-21(28-23(30)17-7-3-4-8-18(17)24(28)31)22(29)26-16-9-10-20(19(25)15-16)27-12-5-2-6-13-27/h9-10,15,17-18,21H,2-8,11-14H2,1H3,(H,26,29). The molecule has 3 aliphatic rings. The van der Waals surface area contributed by atoms with Crippen LogP contribution in [0.4, 0.5) is 11.4 Å². The summed E-state index contributed by atoms with van der Waals surface area (Å²) in [5, 5.41) is 3.53. The summed E-state index contributed by atoms with van der Waals surface area (Å²) in [6.45, 7) is 1.98. The van der Waals surface area contributed by atoms with Crippen LogP contribution in [0.15, 0.2) is 18.2 Å². The van der Waals surface area contributed by atoms with Crippen LogP contribution in [0.25, 0.3) is 0 Å². The molecule has 1 aromatic rings. The van der Waals surface area contributed by atoms with E-state index in [2.05, 4.69) is 10.2 Å². The normalized spacial score (nSPS) is 24.4. The highest BCUT2D eigenvalue weighted by Crippen LogP contribution is 2.39. The fourth-order valence-corrected chi connectivity index (χ4v) is 6.06. The average molecular weight is 478 g/mol. The number of rotatable bonds is 7. The van der Waals surface area contributed by atoms with Gasteiger partial charge in [0.2, 0.25) is 17.7 Å². The van der Waals surface area contributed by atoms with Crippen LogP contribution in [-0.4, -0.2) is 53.8 Å². The molecule has 2 aliphatic heterocycles. The Kier molecular flexibility index (Phi) is 7.66. The second kappa shape index (κ2) is 10.5. The number of imide groups is 1. The SMILES string of the molecule is CSCCC(C(=O)Nc1ccc(N2CCCCC2)c(Cl)c1)N1C(=O)C2CCCCC2C1=O. The first-order valence-corrected chi connectivity index (χ1v) is 13.5. The molecule has 3 fully saturated rings. The number of likely N-dealkylation sites (tertiary alicyclic amines) is 1. The predicted molar refractivity (Wildman–Crippen MR) is 130 cm³/mol. The number of amides is 3. The smallest absolute Gasteiger partial charge is 0.247 e. The van der Waals surface area contributed by atoms with Crippen molar-refractivity contribution in [2.45, 2.75) is 57.4 Å². The lowest BCUT2D eigenvalue weighted by molar-refractivity contribution is -0.146. The molecule has 1 N–H and O–H groups in total. The zero-order chi connectivity index (χ0) is 22.7. The molecule has 3 atom stereocenters. The van der Waals surface area contributed by atoms with E-state index in [4.69, 9.17) is 11.6 Å². The maximum atomic E-state index is 13.3. The topological polar surface area (TPSA) is 69.7 Å². The van der Waals surface area contributed by atoms with Crippen LogP contribution in [0.5, 0.6) is 0 Å². The molecule has 4 rings (SSSR count). The molecule has 32 heavy (non-hydrogen) atoms. The van der Waals surface area contributed by atoms with Crippen LogP contribution < -0.4 is 10.2 Å². The van der Waals surface area contributed by atoms with E-state index < -0.39 is 6.04 Å². The average Bonchev–Trinajstić information content (AvgIpc) is 3.05. The van der Waals surface area contributed by atoms with E-state index in [1.54, 1.807) is 17.8 Å². The minimum Gasteiger partial charge on any atom is -0.370 e. The van der Waals surface area contributed by atoms with Crippen molar-refractivity contribution in [2.24, 2.45) is 11.8 Å². The molecular weight excluding hydrogens is 446 g/mol. The van der Waals surface area contributed by atoms with Crippen LogP contribution >= 0.6 is 23.4 Å². The van der Waals surface area contributed by atoms with E-state index in [-0.39, 0.29) is 29.6 Å². The monoisotopic (exact) mass is 477 g/mol. The van der Waals surface area contributed by atoms with Gasteiger partial charge < -0.3 is 10.2 Å². The van der Waals surface area contributed by atoms with Gasteiger partial charge in [-0.3, -0.25) is 19.3 Å². The maximum absolute atomic E-state index is 13.3. The van der Waals surface area contributed by atoms with Crippen molar-refractivity contribution in [3.63, 3.8) is 0 Å². The number of piperidine rings is 1. The molecule has 3 amide bonds. The lowest BCUT2D eigenvalue weighted by atomic mass is 9.81. The third kappa shape index (κ3) is 4.79. The van der Waals surface area contributed by atoms with Gasteiger partial charge in [-0.05, 0) is 68.7 Å².